The molecule has 0 N–H and O–H groups in total. The zero-order valence-corrected chi connectivity index (χ0v) is 17.7. The maximum atomic E-state index is 12.6. The summed E-state index contributed by atoms with van der Waals surface area (Å²) in [5.41, 5.74) is 1.21. The lowest BCUT2D eigenvalue weighted by atomic mass is 10.2. The number of amides is 1. The molecule has 1 heterocycles. The van der Waals surface area contributed by atoms with E-state index in [1.165, 1.54) is 49.7 Å². The Morgan fingerprint density at radius 2 is 1.93 bits per heavy atom. The fourth-order valence-corrected chi connectivity index (χ4v) is 4.79. The van der Waals surface area contributed by atoms with Crippen molar-refractivity contribution in [3.8, 4) is 0 Å². The molecule has 9 heteroatoms. The molecule has 3 rings (SSSR count). The van der Waals surface area contributed by atoms with Crippen LogP contribution in [-0.4, -0.2) is 37.3 Å². The van der Waals surface area contributed by atoms with E-state index < -0.39 is 15.9 Å². The fourth-order valence-electron chi connectivity index (χ4n) is 2.57. The van der Waals surface area contributed by atoms with E-state index in [2.05, 4.69) is 11.6 Å². The molecular weight excluding hydrogens is 418 g/mol. The quantitative estimate of drug-likeness (QED) is 0.575. The zero-order valence-electron chi connectivity index (χ0n) is 15.3. The smallest absolute Gasteiger partial charge is 0.279 e. The highest BCUT2D eigenvalue weighted by Gasteiger charge is 2.17. The number of hydrogen-bond acceptors (Lipinski definition) is 4. The number of rotatable bonds is 5. The maximum Gasteiger partial charge on any atom is 0.279 e. The van der Waals surface area contributed by atoms with Gasteiger partial charge in [-0.1, -0.05) is 29.0 Å². The van der Waals surface area contributed by atoms with Gasteiger partial charge in [0, 0.05) is 31.2 Å². The first-order chi connectivity index (χ1) is 13.2. The molecule has 6 nitrogen and oxygen atoms in total. The molecule has 0 bridgehead atoms. The highest BCUT2D eigenvalue weighted by molar-refractivity contribution is 7.89. The van der Waals surface area contributed by atoms with Crippen LogP contribution in [0.2, 0.25) is 5.02 Å². The molecule has 0 unspecified atom stereocenters. The predicted molar refractivity (Wildman–Crippen MR) is 112 cm³/mol. The van der Waals surface area contributed by atoms with Crippen LogP contribution in [0.25, 0.3) is 10.2 Å². The average Bonchev–Trinajstić information content (AvgIpc) is 2.98. The van der Waals surface area contributed by atoms with Gasteiger partial charge < -0.3 is 4.57 Å². The van der Waals surface area contributed by atoms with Crippen LogP contribution in [0, 0.1) is 0 Å². The lowest BCUT2D eigenvalue weighted by molar-refractivity contribution is 0.0998. The van der Waals surface area contributed by atoms with Gasteiger partial charge in [0.1, 0.15) is 0 Å². The third-order valence-corrected chi connectivity index (χ3v) is 7.14. The third kappa shape index (κ3) is 3.95. The minimum atomic E-state index is -3.55. The number of thiazole rings is 1. The molecule has 2 aromatic carbocycles. The zero-order chi connectivity index (χ0) is 20.5. The van der Waals surface area contributed by atoms with Gasteiger partial charge in [0.2, 0.25) is 10.0 Å². The van der Waals surface area contributed by atoms with Crippen LogP contribution < -0.4 is 4.80 Å². The molecule has 0 saturated carbocycles. The Kier molecular flexibility index (Phi) is 5.85. The van der Waals surface area contributed by atoms with Crippen LogP contribution in [0.3, 0.4) is 0 Å². The van der Waals surface area contributed by atoms with E-state index in [4.69, 9.17) is 11.6 Å². The van der Waals surface area contributed by atoms with Crippen molar-refractivity contribution in [1.82, 2.24) is 8.87 Å². The molecule has 3 aromatic rings. The van der Waals surface area contributed by atoms with E-state index in [-0.39, 0.29) is 4.90 Å². The van der Waals surface area contributed by atoms with Crippen LogP contribution in [-0.2, 0) is 16.6 Å². The number of carbonyl (C=O) groups excluding carboxylic acids is 1. The molecule has 0 radical (unpaired) electrons. The summed E-state index contributed by atoms with van der Waals surface area (Å²) in [4.78, 5) is 17.5. The second-order valence-electron chi connectivity index (χ2n) is 6.12. The minimum Gasteiger partial charge on any atom is -0.312 e. The number of hydrogen-bond donors (Lipinski definition) is 0. The van der Waals surface area contributed by atoms with Crippen molar-refractivity contribution in [3.05, 3.63) is 70.5 Å². The van der Waals surface area contributed by atoms with Gasteiger partial charge in [0.15, 0.2) is 4.80 Å². The summed E-state index contributed by atoms with van der Waals surface area (Å²) >= 11 is 7.41. The van der Waals surface area contributed by atoms with Gasteiger partial charge in [-0.2, -0.15) is 4.99 Å². The van der Waals surface area contributed by atoms with E-state index in [1.807, 2.05) is 16.7 Å². The first-order valence-electron chi connectivity index (χ1n) is 8.25. The number of fused-ring (bicyclic) bond motifs is 1. The topological polar surface area (TPSA) is 71.7 Å². The largest absolute Gasteiger partial charge is 0.312 e. The molecule has 0 atom stereocenters. The van der Waals surface area contributed by atoms with Gasteiger partial charge in [-0.15, -0.1) is 6.58 Å². The van der Waals surface area contributed by atoms with Gasteiger partial charge in [-0.05, 0) is 42.5 Å². The third-order valence-electron chi connectivity index (χ3n) is 4.03. The number of carbonyl (C=O) groups is 1. The monoisotopic (exact) mass is 435 g/mol. The summed E-state index contributed by atoms with van der Waals surface area (Å²) in [5, 5.41) is 0.607. The van der Waals surface area contributed by atoms with Crippen LogP contribution in [0.15, 0.2) is 65.0 Å². The Hall–Kier alpha value is -2.26. The Morgan fingerprint density at radius 1 is 1.25 bits per heavy atom. The number of allylic oxidation sites excluding steroid dienone is 1. The molecule has 1 amide bonds. The fraction of sp³-hybridized carbons (Fsp3) is 0.158. The second kappa shape index (κ2) is 8.00. The van der Waals surface area contributed by atoms with Gasteiger partial charge in [0.25, 0.3) is 5.91 Å². The predicted octanol–water partition coefficient (Wildman–Crippen LogP) is 3.53. The van der Waals surface area contributed by atoms with E-state index in [0.717, 1.165) is 14.5 Å². The lowest BCUT2D eigenvalue weighted by Gasteiger charge is -2.11. The van der Waals surface area contributed by atoms with Gasteiger partial charge >= 0.3 is 0 Å². The second-order valence-corrected chi connectivity index (χ2v) is 9.72. The Morgan fingerprint density at radius 3 is 2.54 bits per heavy atom. The molecule has 146 valence electrons. The molecule has 0 fully saturated rings. The van der Waals surface area contributed by atoms with Crippen molar-refractivity contribution in [1.29, 1.82) is 0 Å². The van der Waals surface area contributed by atoms with Gasteiger partial charge in [-0.25, -0.2) is 12.7 Å². The SMILES string of the molecule is C=CCn1c(=NC(=O)c2ccc(S(=O)(=O)N(C)C)cc2)sc2cc(Cl)ccc21. The molecule has 0 aliphatic rings. The van der Waals surface area contributed by atoms with Crippen molar-refractivity contribution in [2.75, 3.05) is 14.1 Å². The lowest BCUT2D eigenvalue weighted by Crippen LogP contribution is -2.22. The maximum absolute atomic E-state index is 12.6. The summed E-state index contributed by atoms with van der Waals surface area (Å²) in [5.74, 6) is -0.454. The first kappa shape index (κ1) is 20.5. The Bertz CT molecular complexity index is 1220. The Labute approximate surface area is 172 Å². The van der Waals surface area contributed by atoms with Crippen molar-refractivity contribution in [2.45, 2.75) is 11.4 Å². The van der Waals surface area contributed by atoms with E-state index >= 15 is 0 Å². The van der Waals surface area contributed by atoms with Crippen LogP contribution >= 0.6 is 22.9 Å². The summed E-state index contributed by atoms with van der Waals surface area (Å²) in [6.45, 7) is 4.25. The van der Waals surface area contributed by atoms with Crippen molar-refractivity contribution in [3.63, 3.8) is 0 Å². The van der Waals surface area contributed by atoms with Crippen molar-refractivity contribution < 1.29 is 13.2 Å². The summed E-state index contributed by atoms with van der Waals surface area (Å²) in [6.07, 6.45) is 1.73. The molecule has 1 aromatic heterocycles. The summed E-state index contributed by atoms with van der Waals surface area (Å²) in [7, 11) is -0.640. The van der Waals surface area contributed by atoms with Gasteiger partial charge in [-0.3, -0.25) is 4.79 Å². The van der Waals surface area contributed by atoms with E-state index in [9.17, 15) is 13.2 Å². The molecule has 0 aliphatic carbocycles. The summed E-state index contributed by atoms with van der Waals surface area (Å²) in [6, 6.07) is 11.2. The highest BCUT2D eigenvalue weighted by Crippen LogP contribution is 2.22. The number of nitrogens with zero attached hydrogens (tertiary/aromatic N) is 3. The molecular formula is C19H18ClN3O3S2. The molecule has 0 spiro atoms. The normalized spacial score (nSPS) is 12.6. The number of halogens is 1. The van der Waals surface area contributed by atoms with Crippen molar-refractivity contribution >= 4 is 49.1 Å². The molecule has 28 heavy (non-hydrogen) atoms. The van der Waals surface area contributed by atoms with Crippen LogP contribution in [0.1, 0.15) is 10.4 Å². The molecule has 0 saturated heterocycles. The minimum absolute atomic E-state index is 0.118. The Balaban J connectivity index is 2.03. The summed E-state index contributed by atoms with van der Waals surface area (Å²) < 4.78 is 28.2. The van der Waals surface area contributed by atoms with E-state index in [1.54, 1.807) is 12.1 Å². The number of aromatic nitrogens is 1. The molecule has 0 aliphatic heterocycles. The standard InChI is InChI=1S/C19H18ClN3O3S2/c1-4-11-23-16-10-7-14(20)12-17(16)27-19(23)21-18(24)13-5-8-15(9-6-13)28(25,26)22(2)3/h4-10,12H,1,11H2,2-3H3. The van der Waals surface area contributed by atoms with Gasteiger partial charge in [0.05, 0.1) is 15.1 Å². The average molecular weight is 436 g/mol. The van der Waals surface area contributed by atoms with Crippen molar-refractivity contribution in [2.24, 2.45) is 4.99 Å². The first-order valence-corrected chi connectivity index (χ1v) is 10.9. The van der Waals surface area contributed by atoms with Crippen LogP contribution in [0.4, 0.5) is 0 Å². The highest BCUT2D eigenvalue weighted by atomic mass is 35.5. The number of benzene rings is 2. The number of sulfonamides is 1. The van der Waals surface area contributed by atoms with Crippen LogP contribution in [0.5, 0.6) is 0 Å². The van der Waals surface area contributed by atoms with E-state index in [0.29, 0.717) is 21.9 Å².